The van der Waals surface area contributed by atoms with Crippen LogP contribution in [0.15, 0.2) is 48.7 Å². The van der Waals surface area contributed by atoms with Crippen LogP contribution in [-0.2, 0) is 13.1 Å². The Kier molecular flexibility index (Phi) is 7.44. The fourth-order valence-corrected chi connectivity index (χ4v) is 3.53. The van der Waals surface area contributed by atoms with E-state index < -0.39 is 0 Å². The molecule has 0 saturated heterocycles. The number of ether oxygens (including phenoxy) is 2. The summed E-state index contributed by atoms with van der Waals surface area (Å²) in [5.74, 6) is 1.09. The van der Waals surface area contributed by atoms with Gasteiger partial charge < -0.3 is 25.0 Å². The minimum absolute atomic E-state index is 0.0953. The number of rotatable bonds is 9. The highest BCUT2D eigenvalue weighted by atomic mass is 16.5. The third-order valence-electron chi connectivity index (χ3n) is 5.20. The van der Waals surface area contributed by atoms with Gasteiger partial charge in [0, 0.05) is 49.2 Å². The summed E-state index contributed by atoms with van der Waals surface area (Å²) in [4.78, 5) is 22.1. The monoisotopic (exact) mass is 422 g/mol. The number of fused-ring (bicyclic) bond motifs is 1. The Labute approximate surface area is 183 Å². The van der Waals surface area contributed by atoms with Crippen molar-refractivity contribution >= 4 is 16.7 Å². The third-order valence-corrected chi connectivity index (χ3v) is 5.20. The van der Waals surface area contributed by atoms with E-state index in [0.29, 0.717) is 35.8 Å². The summed E-state index contributed by atoms with van der Waals surface area (Å²) in [6, 6.07) is 13.6. The molecule has 2 N–H and O–H groups in total. The first-order chi connectivity index (χ1) is 15.0. The molecule has 3 rings (SSSR count). The zero-order valence-corrected chi connectivity index (χ0v) is 18.6. The molecule has 1 aromatic heterocycles. The number of carbonyl (C=O) groups is 1. The molecule has 164 valence electrons. The Bertz CT molecular complexity index is 1040. The van der Waals surface area contributed by atoms with Crippen molar-refractivity contribution in [3.8, 4) is 11.5 Å². The third kappa shape index (κ3) is 5.13. The van der Waals surface area contributed by atoms with Gasteiger partial charge in [-0.3, -0.25) is 9.78 Å². The number of likely N-dealkylation sites (N-methyl/N-ethyl adjacent to an activating group) is 1. The fraction of sp³-hybridized carbons (Fsp3) is 0.333. The number of hydrogen-bond acceptors (Lipinski definition) is 6. The van der Waals surface area contributed by atoms with Gasteiger partial charge in [0.2, 0.25) is 0 Å². The Morgan fingerprint density at radius 3 is 2.42 bits per heavy atom. The first-order valence-corrected chi connectivity index (χ1v) is 10.2. The van der Waals surface area contributed by atoms with Crippen molar-refractivity contribution in [3.05, 3.63) is 65.5 Å². The highest BCUT2D eigenvalue weighted by Crippen LogP contribution is 2.35. The molecule has 0 atom stereocenters. The van der Waals surface area contributed by atoms with Crippen LogP contribution in [0.25, 0.3) is 10.8 Å². The minimum Gasteiger partial charge on any atom is -0.497 e. The summed E-state index contributed by atoms with van der Waals surface area (Å²) < 4.78 is 11.0. The van der Waals surface area contributed by atoms with E-state index in [1.807, 2.05) is 55.4 Å². The molecular weight excluding hydrogens is 392 g/mol. The summed E-state index contributed by atoms with van der Waals surface area (Å²) in [6.45, 7) is 2.08. The van der Waals surface area contributed by atoms with E-state index in [0.717, 1.165) is 22.9 Å². The summed E-state index contributed by atoms with van der Waals surface area (Å²) in [5.41, 5.74) is 8.17. The van der Waals surface area contributed by atoms with Crippen molar-refractivity contribution in [1.82, 2.24) is 14.8 Å². The van der Waals surface area contributed by atoms with Gasteiger partial charge in [-0.1, -0.05) is 30.3 Å². The van der Waals surface area contributed by atoms with Crippen LogP contribution in [0.2, 0.25) is 0 Å². The average Bonchev–Trinajstić information content (AvgIpc) is 2.80. The van der Waals surface area contributed by atoms with Crippen molar-refractivity contribution in [2.45, 2.75) is 13.1 Å². The first-order valence-electron chi connectivity index (χ1n) is 10.2. The molecule has 0 aliphatic rings. The lowest BCUT2D eigenvalue weighted by Crippen LogP contribution is -2.36. The van der Waals surface area contributed by atoms with Crippen molar-refractivity contribution in [2.24, 2.45) is 5.73 Å². The lowest BCUT2D eigenvalue weighted by molar-refractivity contribution is 0.0733. The highest BCUT2D eigenvalue weighted by Gasteiger charge is 2.22. The molecule has 7 nitrogen and oxygen atoms in total. The average molecular weight is 423 g/mol. The SMILES string of the molecule is COc1cc(OC)c2c(CN)ncc(C(=O)N(CCN(C)C)Cc3ccccc3)c2c1. The molecule has 1 heterocycles. The molecule has 0 spiro atoms. The standard InChI is InChI=1S/C24H30N4O3/c1-27(2)10-11-28(16-17-8-6-5-7-9-17)24(29)20-15-26-21(14-25)23-19(20)12-18(30-3)13-22(23)31-4/h5-9,12-13,15H,10-11,14,16,25H2,1-4H3. The number of amides is 1. The number of pyridine rings is 1. The zero-order chi connectivity index (χ0) is 22.4. The molecule has 0 radical (unpaired) electrons. The normalized spacial score (nSPS) is 11.0. The minimum atomic E-state index is -0.0953. The number of nitrogens with zero attached hydrogens (tertiary/aromatic N) is 3. The van der Waals surface area contributed by atoms with Crippen molar-refractivity contribution in [3.63, 3.8) is 0 Å². The quantitative estimate of drug-likeness (QED) is 0.571. The second-order valence-corrected chi connectivity index (χ2v) is 7.59. The van der Waals surface area contributed by atoms with Crippen LogP contribution in [0.4, 0.5) is 0 Å². The molecule has 0 saturated carbocycles. The zero-order valence-electron chi connectivity index (χ0n) is 18.6. The maximum absolute atomic E-state index is 13.7. The van der Waals surface area contributed by atoms with Gasteiger partial charge in [-0.15, -0.1) is 0 Å². The lowest BCUT2D eigenvalue weighted by atomic mass is 10.0. The number of carbonyl (C=O) groups excluding carboxylic acids is 1. The Morgan fingerprint density at radius 1 is 1.06 bits per heavy atom. The molecular formula is C24H30N4O3. The second kappa shape index (κ2) is 10.2. The topological polar surface area (TPSA) is 80.9 Å². The van der Waals surface area contributed by atoms with Crippen LogP contribution >= 0.6 is 0 Å². The largest absolute Gasteiger partial charge is 0.497 e. The lowest BCUT2D eigenvalue weighted by Gasteiger charge is -2.25. The van der Waals surface area contributed by atoms with E-state index in [9.17, 15) is 4.79 Å². The predicted molar refractivity (Wildman–Crippen MR) is 122 cm³/mol. The van der Waals surface area contributed by atoms with Crippen molar-refractivity contribution in [1.29, 1.82) is 0 Å². The van der Waals surface area contributed by atoms with E-state index in [2.05, 4.69) is 9.88 Å². The van der Waals surface area contributed by atoms with Gasteiger partial charge in [0.25, 0.3) is 5.91 Å². The number of methoxy groups -OCH3 is 2. The van der Waals surface area contributed by atoms with Crippen LogP contribution in [-0.4, -0.2) is 62.1 Å². The van der Waals surface area contributed by atoms with Gasteiger partial charge in [-0.05, 0) is 25.7 Å². The molecule has 0 unspecified atom stereocenters. The molecule has 3 aromatic rings. The maximum atomic E-state index is 13.7. The van der Waals surface area contributed by atoms with E-state index in [1.54, 1.807) is 26.5 Å². The van der Waals surface area contributed by atoms with E-state index >= 15 is 0 Å². The van der Waals surface area contributed by atoms with Gasteiger partial charge in [-0.25, -0.2) is 0 Å². The molecule has 1 amide bonds. The van der Waals surface area contributed by atoms with Gasteiger partial charge in [0.15, 0.2) is 0 Å². The molecule has 7 heteroatoms. The van der Waals surface area contributed by atoms with E-state index in [1.165, 1.54) is 0 Å². The Hall–Kier alpha value is -3.16. The van der Waals surface area contributed by atoms with Crippen LogP contribution in [0.3, 0.4) is 0 Å². The van der Waals surface area contributed by atoms with E-state index in [4.69, 9.17) is 15.2 Å². The fourth-order valence-electron chi connectivity index (χ4n) is 3.53. The summed E-state index contributed by atoms with van der Waals surface area (Å²) in [7, 11) is 7.16. The number of aromatic nitrogens is 1. The summed E-state index contributed by atoms with van der Waals surface area (Å²) in [6.07, 6.45) is 1.61. The highest BCUT2D eigenvalue weighted by molar-refractivity contribution is 6.09. The molecule has 0 fully saturated rings. The van der Waals surface area contributed by atoms with Crippen LogP contribution in [0.5, 0.6) is 11.5 Å². The first kappa shape index (κ1) is 22.5. The van der Waals surface area contributed by atoms with Gasteiger partial charge in [0.1, 0.15) is 11.5 Å². The van der Waals surface area contributed by atoms with Crippen LogP contribution < -0.4 is 15.2 Å². The summed E-state index contributed by atoms with van der Waals surface area (Å²) in [5, 5.41) is 1.46. The summed E-state index contributed by atoms with van der Waals surface area (Å²) >= 11 is 0. The van der Waals surface area contributed by atoms with E-state index in [-0.39, 0.29) is 12.5 Å². The van der Waals surface area contributed by atoms with Gasteiger partial charge in [-0.2, -0.15) is 0 Å². The predicted octanol–water partition coefficient (Wildman–Crippen LogP) is 2.91. The number of benzene rings is 2. The molecule has 31 heavy (non-hydrogen) atoms. The van der Waals surface area contributed by atoms with Crippen molar-refractivity contribution in [2.75, 3.05) is 41.4 Å². The molecule has 0 aliphatic carbocycles. The smallest absolute Gasteiger partial charge is 0.256 e. The van der Waals surface area contributed by atoms with Gasteiger partial charge in [0.05, 0.1) is 25.5 Å². The molecule has 2 aromatic carbocycles. The Morgan fingerprint density at radius 2 is 1.81 bits per heavy atom. The number of hydrogen-bond donors (Lipinski definition) is 1. The van der Waals surface area contributed by atoms with Crippen LogP contribution in [0.1, 0.15) is 21.6 Å². The van der Waals surface area contributed by atoms with Crippen LogP contribution in [0, 0.1) is 0 Å². The molecule has 0 bridgehead atoms. The maximum Gasteiger partial charge on any atom is 0.256 e. The number of nitrogens with two attached hydrogens (primary N) is 1. The van der Waals surface area contributed by atoms with Crippen molar-refractivity contribution < 1.29 is 14.3 Å². The Balaban J connectivity index is 2.10. The molecule has 0 aliphatic heterocycles. The van der Waals surface area contributed by atoms with Gasteiger partial charge >= 0.3 is 0 Å². The second-order valence-electron chi connectivity index (χ2n) is 7.59.